The van der Waals surface area contributed by atoms with Crippen molar-refractivity contribution in [2.75, 3.05) is 6.61 Å². The molecule has 0 saturated heterocycles. The molecule has 0 aliphatic heterocycles. The minimum atomic E-state index is -4.57. The molecule has 0 saturated carbocycles. The lowest BCUT2D eigenvalue weighted by Gasteiger charge is -2.09. The summed E-state index contributed by atoms with van der Waals surface area (Å²) < 4.78 is 41.7. The van der Waals surface area contributed by atoms with Crippen molar-refractivity contribution in [1.29, 1.82) is 0 Å². The average molecular weight is 281 g/mol. The Bertz CT molecular complexity index is 483. The van der Waals surface area contributed by atoms with Gasteiger partial charge in [0.2, 0.25) is 5.78 Å². The van der Waals surface area contributed by atoms with Crippen LogP contribution in [0.25, 0.3) is 0 Å². The van der Waals surface area contributed by atoms with Gasteiger partial charge < -0.3 is 4.74 Å². The zero-order valence-corrected chi connectivity index (χ0v) is 9.93. The van der Waals surface area contributed by atoms with Crippen molar-refractivity contribution in [3.05, 3.63) is 34.3 Å². The highest BCUT2D eigenvalue weighted by atomic mass is 35.5. The molecule has 0 bridgehead atoms. The van der Waals surface area contributed by atoms with Gasteiger partial charge in [0.1, 0.15) is 0 Å². The third kappa shape index (κ3) is 3.73. The molecule has 0 spiro atoms. The Hall–Kier alpha value is -1.56. The summed E-state index contributed by atoms with van der Waals surface area (Å²) in [6.45, 7) is 0.442. The third-order valence-corrected chi connectivity index (χ3v) is 2.33. The van der Waals surface area contributed by atoms with Crippen LogP contribution < -0.4 is 0 Å². The van der Waals surface area contributed by atoms with Crippen LogP contribution >= 0.6 is 11.6 Å². The van der Waals surface area contributed by atoms with Gasteiger partial charge in [0.05, 0.1) is 10.6 Å². The zero-order valence-electron chi connectivity index (χ0n) is 9.18. The van der Waals surface area contributed by atoms with Gasteiger partial charge >= 0.3 is 12.1 Å². The van der Waals surface area contributed by atoms with E-state index < -0.39 is 30.1 Å². The standard InChI is InChI=1S/C11H8ClF3O3/c1-6(16)18-5-10(17)8-4-7(11(13,14)15)2-3-9(8)12/h2-4H,5H2,1H3. The van der Waals surface area contributed by atoms with Crippen LogP contribution in [0, 0.1) is 0 Å². The SMILES string of the molecule is CC(=O)OCC(=O)c1cc(C(F)(F)F)ccc1Cl. The second-order valence-electron chi connectivity index (χ2n) is 3.40. The van der Waals surface area contributed by atoms with Crippen molar-refractivity contribution in [2.45, 2.75) is 13.1 Å². The first-order chi connectivity index (χ1) is 8.21. The molecule has 7 heteroatoms. The van der Waals surface area contributed by atoms with E-state index in [1.807, 2.05) is 0 Å². The summed E-state index contributed by atoms with van der Waals surface area (Å²) in [5.74, 6) is -1.49. The number of hydrogen-bond donors (Lipinski definition) is 0. The zero-order chi connectivity index (χ0) is 13.9. The van der Waals surface area contributed by atoms with Gasteiger partial charge in [-0.15, -0.1) is 0 Å². The summed E-state index contributed by atoms with van der Waals surface area (Å²) in [6.07, 6.45) is -4.57. The highest BCUT2D eigenvalue weighted by Crippen LogP contribution is 2.31. The molecule has 0 radical (unpaired) electrons. The summed E-state index contributed by atoms with van der Waals surface area (Å²) in [4.78, 5) is 22.0. The Labute approximate surface area is 105 Å². The van der Waals surface area contributed by atoms with Gasteiger partial charge in [-0.05, 0) is 18.2 Å². The van der Waals surface area contributed by atoms with Crippen molar-refractivity contribution < 1.29 is 27.5 Å². The number of esters is 1. The van der Waals surface area contributed by atoms with Crippen molar-refractivity contribution in [1.82, 2.24) is 0 Å². The Kier molecular flexibility index (Phi) is 4.34. The number of carbonyl (C=O) groups is 2. The highest BCUT2D eigenvalue weighted by molar-refractivity contribution is 6.34. The molecule has 0 N–H and O–H groups in total. The summed E-state index contributed by atoms with van der Waals surface area (Å²) in [6, 6.07) is 2.38. The smallest absolute Gasteiger partial charge is 0.416 e. The molecule has 0 fully saturated rings. The van der Waals surface area contributed by atoms with Crippen LogP contribution in [0.1, 0.15) is 22.8 Å². The van der Waals surface area contributed by atoms with Gasteiger partial charge in [0.15, 0.2) is 6.61 Å². The minimum Gasteiger partial charge on any atom is -0.457 e. The van der Waals surface area contributed by atoms with E-state index >= 15 is 0 Å². The minimum absolute atomic E-state index is 0.125. The molecule has 1 aromatic rings. The number of alkyl halides is 3. The molecule has 0 aliphatic carbocycles. The molecule has 18 heavy (non-hydrogen) atoms. The topological polar surface area (TPSA) is 43.4 Å². The lowest BCUT2D eigenvalue weighted by molar-refractivity contribution is -0.140. The Balaban J connectivity index is 3.01. The van der Waals surface area contributed by atoms with Crippen molar-refractivity contribution in [3.63, 3.8) is 0 Å². The van der Waals surface area contributed by atoms with Crippen LogP contribution in [0.2, 0.25) is 5.02 Å². The van der Waals surface area contributed by atoms with E-state index in [2.05, 4.69) is 4.74 Å². The van der Waals surface area contributed by atoms with Gasteiger partial charge in [-0.3, -0.25) is 9.59 Å². The third-order valence-electron chi connectivity index (χ3n) is 2.00. The van der Waals surface area contributed by atoms with E-state index in [0.29, 0.717) is 6.07 Å². The molecule has 0 aliphatic rings. The van der Waals surface area contributed by atoms with E-state index in [4.69, 9.17) is 11.6 Å². The molecule has 98 valence electrons. The summed E-state index contributed by atoms with van der Waals surface area (Å²) >= 11 is 5.63. The quantitative estimate of drug-likeness (QED) is 0.631. The van der Waals surface area contributed by atoms with Crippen LogP contribution in [0.3, 0.4) is 0 Å². The van der Waals surface area contributed by atoms with Crippen molar-refractivity contribution in [2.24, 2.45) is 0 Å². The number of benzene rings is 1. The first-order valence-corrected chi connectivity index (χ1v) is 5.13. The van der Waals surface area contributed by atoms with Crippen LogP contribution in [0.5, 0.6) is 0 Å². The lowest BCUT2D eigenvalue weighted by atomic mass is 10.1. The second-order valence-corrected chi connectivity index (χ2v) is 3.80. The van der Waals surface area contributed by atoms with Gasteiger partial charge in [0, 0.05) is 12.5 Å². The molecule has 0 amide bonds. The molecule has 0 atom stereocenters. The van der Waals surface area contributed by atoms with Crippen LogP contribution in [-0.2, 0) is 15.7 Å². The number of halogens is 4. The van der Waals surface area contributed by atoms with Gasteiger partial charge in [-0.2, -0.15) is 13.2 Å². The predicted octanol–water partition coefficient (Wildman–Crippen LogP) is 3.10. The molecule has 1 rings (SSSR count). The first-order valence-electron chi connectivity index (χ1n) is 4.75. The maximum Gasteiger partial charge on any atom is 0.416 e. The van der Waals surface area contributed by atoms with Gasteiger partial charge in [-0.25, -0.2) is 0 Å². The van der Waals surface area contributed by atoms with E-state index in [-0.39, 0.29) is 10.6 Å². The Morgan fingerprint density at radius 1 is 1.33 bits per heavy atom. The van der Waals surface area contributed by atoms with E-state index in [9.17, 15) is 22.8 Å². The van der Waals surface area contributed by atoms with Crippen molar-refractivity contribution >= 4 is 23.4 Å². The molecule has 0 aromatic heterocycles. The normalized spacial score (nSPS) is 11.2. The summed E-state index contributed by atoms with van der Waals surface area (Å²) in [7, 11) is 0. The highest BCUT2D eigenvalue weighted by Gasteiger charge is 2.31. The maximum atomic E-state index is 12.4. The molecule has 0 unspecified atom stereocenters. The second kappa shape index (κ2) is 5.39. The molecular weight excluding hydrogens is 273 g/mol. The first kappa shape index (κ1) is 14.5. The summed E-state index contributed by atoms with van der Waals surface area (Å²) in [5.41, 5.74) is -1.31. The Morgan fingerprint density at radius 3 is 2.44 bits per heavy atom. The van der Waals surface area contributed by atoms with Crippen LogP contribution in [0.15, 0.2) is 18.2 Å². The van der Waals surface area contributed by atoms with Gasteiger partial charge in [0.25, 0.3) is 0 Å². The van der Waals surface area contributed by atoms with Crippen LogP contribution in [0.4, 0.5) is 13.2 Å². The van der Waals surface area contributed by atoms with Crippen LogP contribution in [-0.4, -0.2) is 18.4 Å². The fourth-order valence-corrected chi connectivity index (χ4v) is 1.38. The molecule has 0 heterocycles. The molecule has 3 nitrogen and oxygen atoms in total. The van der Waals surface area contributed by atoms with Crippen molar-refractivity contribution in [3.8, 4) is 0 Å². The fraction of sp³-hybridized carbons (Fsp3) is 0.273. The Morgan fingerprint density at radius 2 is 1.94 bits per heavy atom. The molecular formula is C11H8ClF3O3. The number of ketones is 1. The number of hydrogen-bond acceptors (Lipinski definition) is 3. The number of carbonyl (C=O) groups excluding carboxylic acids is 2. The van der Waals surface area contributed by atoms with E-state index in [0.717, 1.165) is 19.1 Å². The lowest BCUT2D eigenvalue weighted by Crippen LogP contribution is -2.14. The summed E-state index contributed by atoms with van der Waals surface area (Å²) in [5, 5.41) is -0.125. The molecule has 1 aromatic carbocycles. The predicted molar refractivity (Wildman–Crippen MR) is 57.4 cm³/mol. The number of rotatable bonds is 3. The van der Waals surface area contributed by atoms with Gasteiger partial charge in [-0.1, -0.05) is 11.6 Å². The monoisotopic (exact) mass is 280 g/mol. The van der Waals surface area contributed by atoms with E-state index in [1.165, 1.54) is 0 Å². The maximum absolute atomic E-state index is 12.4. The average Bonchev–Trinajstić information content (AvgIpc) is 2.24. The number of Topliss-reactive ketones (excluding diaryl/α,β-unsaturated/α-hetero) is 1. The fourth-order valence-electron chi connectivity index (χ4n) is 1.16. The number of ether oxygens (including phenoxy) is 1. The van der Waals surface area contributed by atoms with E-state index in [1.54, 1.807) is 0 Å². The largest absolute Gasteiger partial charge is 0.457 e.